The summed E-state index contributed by atoms with van der Waals surface area (Å²) in [7, 11) is 0. The summed E-state index contributed by atoms with van der Waals surface area (Å²) in [4.78, 5) is 2.50. The normalized spacial score (nSPS) is 14.5. The van der Waals surface area contributed by atoms with Gasteiger partial charge in [-0.05, 0) is 45.6 Å². The summed E-state index contributed by atoms with van der Waals surface area (Å²) in [6, 6.07) is 32.4. The Morgan fingerprint density at radius 2 is 1.11 bits per heavy atom. The Morgan fingerprint density at radius 3 is 1.52 bits per heavy atom. The van der Waals surface area contributed by atoms with Crippen LogP contribution in [0.5, 0.6) is 0 Å². The molecule has 0 N–H and O–H groups in total. The van der Waals surface area contributed by atoms with E-state index >= 15 is 0 Å². The van der Waals surface area contributed by atoms with Crippen LogP contribution in [0.15, 0.2) is 113 Å². The van der Waals surface area contributed by atoms with Crippen molar-refractivity contribution in [3.8, 4) is 0 Å². The average molecular weight is 416 g/mol. The van der Waals surface area contributed by atoms with Crippen LogP contribution in [0, 0.1) is 0 Å². The minimum Gasteiger partial charge on any atom is -0.353 e. The van der Waals surface area contributed by atoms with Gasteiger partial charge in [-0.3, -0.25) is 0 Å². The molecule has 0 unspecified atom stereocenters. The van der Waals surface area contributed by atoms with Gasteiger partial charge < -0.3 is 4.90 Å². The molecule has 0 bridgehead atoms. The van der Waals surface area contributed by atoms with Crippen LogP contribution < -0.4 is 0 Å². The third kappa shape index (κ3) is 3.04. The van der Waals surface area contributed by atoms with Crippen molar-refractivity contribution >= 4 is 15.9 Å². The third-order valence-electron chi connectivity index (χ3n) is 5.28. The molecule has 0 fully saturated rings. The van der Waals surface area contributed by atoms with Crippen molar-refractivity contribution in [1.29, 1.82) is 0 Å². The topological polar surface area (TPSA) is 3.24 Å². The van der Waals surface area contributed by atoms with E-state index in [0.29, 0.717) is 0 Å². The standard InChI is InChI=1S/C25H22BrN/c1-20-24(26)18-11-19-27(20)25(21-12-5-2-6-13-21,22-14-7-3-8-15-22)23-16-9-4-10-17-23/h2-18H,19H2,1H3. The molecule has 0 saturated heterocycles. The van der Waals surface area contributed by atoms with Crippen LogP contribution in [0.3, 0.4) is 0 Å². The molecule has 1 aliphatic heterocycles. The van der Waals surface area contributed by atoms with Crippen LogP contribution in [0.1, 0.15) is 23.6 Å². The lowest BCUT2D eigenvalue weighted by molar-refractivity contribution is 0.228. The van der Waals surface area contributed by atoms with Crippen molar-refractivity contribution in [3.05, 3.63) is 130 Å². The highest BCUT2D eigenvalue weighted by Crippen LogP contribution is 2.45. The lowest BCUT2D eigenvalue weighted by Crippen LogP contribution is -2.48. The second-order valence-electron chi connectivity index (χ2n) is 6.75. The highest BCUT2D eigenvalue weighted by Gasteiger charge is 2.42. The Hall–Kier alpha value is -2.58. The smallest absolute Gasteiger partial charge is 0.116 e. The molecule has 4 rings (SSSR count). The highest BCUT2D eigenvalue weighted by atomic mass is 79.9. The summed E-state index contributed by atoms with van der Waals surface area (Å²) in [5.41, 5.74) is 4.61. The highest BCUT2D eigenvalue weighted by molar-refractivity contribution is 9.11. The molecule has 0 spiro atoms. The first-order chi connectivity index (χ1) is 13.2. The molecule has 1 aliphatic rings. The van der Waals surface area contributed by atoms with E-state index in [-0.39, 0.29) is 0 Å². The average Bonchev–Trinajstić information content (AvgIpc) is 2.74. The molecule has 0 aromatic heterocycles. The van der Waals surface area contributed by atoms with Crippen LogP contribution in [0.2, 0.25) is 0 Å². The quantitative estimate of drug-likeness (QED) is 0.440. The van der Waals surface area contributed by atoms with Gasteiger partial charge in [-0.2, -0.15) is 0 Å². The summed E-state index contributed by atoms with van der Waals surface area (Å²) in [6.07, 6.45) is 4.37. The third-order valence-corrected chi connectivity index (χ3v) is 6.12. The molecular weight excluding hydrogens is 394 g/mol. The van der Waals surface area contributed by atoms with Gasteiger partial charge in [-0.25, -0.2) is 0 Å². The molecule has 0 amide bonds. The van der Waals surface area contributed by atoms with Gasteiger partial charge in [-0.1, -0.05) is 97.1 Å². The number of halogens is 1. The lowest BCUT2D eigenvalue weighted by atomic mass is 9.75. The van der Waals surface area contributed by atoms with E-state index in [0.717, 1.165) is 11.0 Å². The summed E-state index contributed by atoms with van der Waals surface area (Å²) in [5.74, 6) is 0. The summed E-state index contributed by atoms with van der Waals surface area (Å²) in [5, 5.41) is 0. The first-order valence-corrected chi connectivity index (χ1v) is 10.0. The molecule has 0 saturated carbocycles. The molecule has 3 aromatic carbocycles. The Kier molecular flexibility index (Phi) is 5.00. The second-order valence-corrected chi connectivity index (χ2v) is 7.61. The Labute approximate surface area is 169 Å². The largest absolute Gasteiger partial charge is 0.353 e. The van der Waals surface area contributed by atoms with E-state index in [1.54, 1.807) is 0 Å². The van der Waals surface area contributed by atoms with Gasteiger partial charge in [-0.15, -0.1) is 0 Å². The number of nitrogens with zero attached hydrogens (tertiary/aromatic N) is 1. The van der Waals surface area contributed by atoms with Crippen LogP contribution in [0.4, 0.5) is 0 Å². The molecule has 1 nitrogen and oxygen atoms in total. The maximum atomic E-state index is 3.76. The molecule has 3 aromatic rings. The fraction of sp³-hybridized carbons (Fsp3) is 0.120. The summed E-state index contributed by atoms with van der Waals surface area (Å²) < 4.78 is 1.13. The lowest BCUT2D eigenvalue weighted by Gasteiger charge is -2.48. The number of rotatable bonds is 4. The van der Waals surface area contributed by atoms with Gasteiger partial charge in [0.15, 0.2) is 0 Å². The first kappa shape index (κ1) is 17.8. The fourth-order valence-electron chi connectivity index (χ4n) is 4.04. The van der Waals surface area contributed by atoms with Crippen molar-refractivity contribution in [3.63, 3.8) is 0 Å². The van der Waals surface area contributed by atoms with E-state index in [1.807, 2.05) is 0 Å². The van der Waals surface area contributed by atoms with Crippen molar-refractivity contribution in [2.75, 3.05) is 6.54 Å². The van der Waals surface area contributed by atoms with E-state index in [1.165, 1.54) is 22.4 Å². The zero-order valence-electron chi connectivity index (χ0n) is 15.3. The van der Waals surface area contributed by atoms with Crippen LogP contribution in [0.25, 0.3) is 0 Å². The zero-order valence-corrected chi connectivity index (χ0v) is 16.9. The van der Waals surface area contributed by atoms with Gasteiger partial charge in [0, 0.05) is 16.7 Å². The van der Waals surface area contributed by atoms with E-state index in [9.17, 15) is 0 Å². The molecule has 0 radical (unpaired) electrons. The predicted octanol–water partition coefficient (Wildman–Crippen LogP) is 6.48. The minimum atomic E-state index is -0.405. The Bertz CT molecular complexity index is 862. The monoisotopic (exact) mass is 415 g/mol. The fourth-order valence-corrected chi connectivity index (χ4v) is 4.44. The maximum Gasteiger partial charge on any atom is 0.116 e. The van der Waals surface area contributed by atoms with E-state index in [4.69, 9.17) is 0 Å². The maximum absolute atomic E-state index is 3.76. The van der Waals surface area contributed by atoms with Gasteiger partial charge in [0.25, 0.3) is 0 Å². The molecule has 134 valence electrons. The van der Waals surface area contributed by atoms with Crippen molar-refractivity contribution < 1.29 is 0 Å². The molecule has 2 heteroatoms. The number of hydrogen-bond donors (Lipinski definition) is 0. The summed E-state index contributed by atoms with van der Waals surface area (Å²) in [6.45, 7) is 3.04. The van der Waals surface area contributed by atoms with Crippen LogP contribution in [-0.2, 0) is 5.54 Å². The van der Waals surface area contributed by atoms with Gasteiger partial charge in [0.05, 0.1) is 0 Å². The Balaban J connectivity index is 2.09. The molecular formula is C25H22BrN. The number of allylic oxidation sites excluding steroid dienone is 3. The van der Waals surface area contributed by atoms with Gasteiger partial charge in [0.2, 0.25) is 0 Å². The van der Waals surface area contributed by atoms with Gasteiger partial charge >= 0.3 is 0 Å². The van der Waals surface area contributed by atoms with Gasteiger partial charge in [0.1, 0.15) is 5.54 Å². The van der Waals surface area contributed by atoms with Crippen molar-refractivity contribution in [2.24, 2.45) is 0 Å². The predicted molar refractivity (Wildman–Crippen MR) is 117 cm³/mol. The zero-order chi connectivity index (χ0) is 18.7. The van der Waals surface area contributed by atoms with E-state index in [2.05, 4.69) is 131 Å². The molecule has 0 atom stereocenters. The molecule has 1 heterocycles. The van der Waals surface area contributed by atoms with Crippen LogP contribution >= 0.6 is 15.9 Å². The van der Waals surface area contributed by atoms with Crippen molar-refractivity contribution in [1.82, 2.24) is 4.90 Å². The molecule has 27 heavy (non-hydrogen) atoms. The van der Waals surface area contributed by atoms with Crippen molar-refractivity contribution in [2.45, 2.75) is 12.5 Å². The molecule has 0 aliphatic carbocycles. The van der Waals surface area contributed by atoms with E-state index < -0.39 is 5.54 Å². The minimum absolute atomic E-state index is 0.405. The Morgan fingerprint density at radius 1 is 0.704 bits per heavy atom. The SMILES string of the molecule is CC1=C(Br)C=CCN1C(c1ccccc1)(c1ccccc1)c1ccccc1. The first-order valence-electron chi connectivity index (χ1n) is 9.21. The number of hydrogen-bond acceptors (Lipinski definition) is 1. The number of benzene rings is 3. The summed E-state index contributed by atoms with van der Waals surface area (Å²) >= 11 is 3.76. The van der Waals surface area contributed by atoms with Crippen LogP contribution in [-0.4, -0.2) is 11.4 Å². The second kappa shape index (κ2) is 7.58.